The fourth-order valence-corrected chi connectivity index (χ4v) is 3.88. The number of nitrogens with one attached hydrogen (secondary N) is 1. The first kappa shape index (κ1) is 22.8. The predicted molar refractivity (Wildman–Crippen MR) is 123 cm³/mol. The van der Waals surface area contributed by atoms with E-state index < -0.39 is 0 Å². The SMILES string of the molecule is CCCCCNC(=O)CCN(Cc1ccco1)c1nc(Cc2cccc(OC)c2)ns1. The molecule has 2 heterocycles. The second kappa shape index (κ2) is 12.1. The summed E-state index contributed by atoms with van der Waals surface area (Å²) in [5.41, 5.74) is 1.09. The summed E-state index contributed by atoms with van der Waals surface area (Å²) in [5.74, 6) is 2.45. The lowest BCUT2D eigenvalue weighted by Gasteiger charge is -2.20. The Hall–Kier alpha value is -2.87. The van der Waals surface area contributed by atoms with Gasteiger partial charge in [-0.25, -0.2) is 4.98 Å². The molecule has 8 heteroatoms. The first-order valence-corrected chi connectivity index (χ1v) is 11.4. The number of carbonyl (C=O) groups excluding carboxylic acids is 1. The second-order valence-electron chi connectivity index (χ2n) is 7.33. The maximum absolute atomic E-state index is 12.2. The molecule has 0 saturated carbocycles. The molecule has 0 spiro atoms. The lowest BCUT2D eigenvalue weighted by molar-refractivity contribution is -0.120. The summed E-state index contributed by atoms with van der Waals surface area (Å²) in [5, 5.41) is 3.78. The van der Waals surface area contributed by atoms with Crippen molar-refractivity contribution in [2.24, 2.45) is 0 Å². The Kier molecular flexibility index (Phi) is 8.90. The Bertz CT molecular complexity index is 927. The molecule has 1 amide bonds. The van der Waals surface area contributed by atoms with Crippen molar-refractivity contribution in [3.8, 4) is 5.75 Å². The quantitative estimate of drug-likeness (QED) is 0.394. The van der Waals surface area contributed by atoms with Crippen LogP contribution in [0.3, 0.4) is 0 Å². The van der Waals surface area contributed by atoms with E-state index >= 15 is 0 Å². The van der Waals surface area contributed by atoms with Crippen LogP contribution in [-0.4, -0.2) is 35.5 Å². The van der Waals surface area contributed by atoms with Crippen LogP contribution in [0.1, 0.15) is 49.8 Å². The minimum absolute atomic E-state index is 0.0571. The molecule has 31 heavy (non-hydrogen) atoms. The van der Waals surface area contributed by atoms with Crippen molar-refractivity contribution in [1.29, 1.82) is 0 Å². The van der Waals surface area contributed by atoms with Gasteiger partial charge in [0.15, 0.2) is 0 Å². The molecular formula is C23H30N4O3S. The summed E-state index contributed by atoms with van der Waals surface area (Å²) >= 11 is 1.35. The van der Waals surface area contributed by atoms with Gasteiger partial charge in [-0.1, -0.05) is 31.9 Å². The molecule has 7 nitrogen and oxygen atoms in total. The van der Waals surface area contributed by atoms with Crippen LogP contribution in [0.5, 0.6) is 5.75 Å². The first-order valence-electron chi connectivity index (χ1n) is 10.7. The summed E-state index contributed by atoms with van der Waals surface area (Å²) in [6, 6.07) is 11.7. The van der Waals surface area contributed by atoms with Crippen LogP contribution in [0.15, 0.2) is 47.1 Å². The zero-order valence-corrected chi connectivity index (χ0v) is 19.0. The molecule has 166 valence electrons. The van der Waals surface area contributed by atoms with Crippen LogP contribution in [0.4, 0.5) is 5.13 Å². The number of rotatable bonds is 13. The number of methoxy groups -OCH3 is 1. The maximum Gasteiger partial charge on any atom is 0.221 e. The van der Waals surface area contributed by atoms with Gasteiger partial charge in [-0.3, -0.25) is 4.79 Å². The van der Waals surface area contributed by atoms with Crippen molar-refractivity contribution in [1.82, 2.24) is 14.7 Å². The van der Waals surface area contributed by atoms with Gasteiger partial charge in [0, 0.05) is 37.5 Å². The van der Waals surface area contributed by atoms with Gasteiger partial charge in [0.05, 0.1) is 19.9 Å². The summed E-state index contributed by atoms with van der Waals surface area (Å²) in [6.07, 6.45) is 5.97. The summed E-state index contributed by atoms with van der Waals surface area (Å²) < 4.78 is 15.3. The summed E-state index contributed by atoms with van der Waals surface area (Å²) in [6.45, 7) is 3.98. The molecule has 0 radical (unpaired) electrons. The van der Waals surface area contributed by atoms with Crippen LogP contribution in [0.25, 0.3) is 0 Å². The van der Waals surface area contributed by atoms with E-state index in [4.69, 9.17) is 14.1 Å². The lowest BCUT2D eigenvalue weighted by atomic mass is 10.1. The molecule has 0 saturated heterocycles. The number of hydrogen-bond donors (Lipinski definition) is 1. The largest absolute Gasteiger partial charge is 0.497 e. The van der Waals surface area contributed by atoms with E-state index in [1.165, 1.54) is 11.5 Å². The maximum atomic E-state index is 12.2. The standard InChI is InChI=1S/C23H30N4O3S/c1-3-4-5-12-24-22(28)11-13-27(17-20-10-7-14-30-20)23-25-21(26-31-23)16-18-8-6-9-19(15-18)29-2/h6-10,14-15H,3-5,11-13,16-17H2,1-2H3,(H,24,28). The number of unbranched alkanes of at least 4 members (excludes halogenated alkanes) is 2. The molecule has 3 rings (SSSR count). The van der Waals surface area contributed by atoms with Gasteiger partial charge in [0.1, 0.15) is 17.3 Å². The Labute approximate surface area is 187 Å². The highest BCUT2D eigenvalue weighted by molar-refractivity contribution is 7.09. The molecule has 0 fully saturated rings. The molecule has 0 aliphatic carbocycles. The van der Waals surface area contributed by atoms with Crippen molar-refractivity contribution in [2.75, 3.05) is 25.1 Å². The zero-order chi connectivity index (χ0) is 21.9. The van der Waals surface area contributed by atoms with Crippen molar-refractivity contribution in [3.63, 3.8) is 0 Å². The highest BCUT2D eigenvalue weighted by Crippen LogP contribution is 2.22. The van der Waals surface area contributed by atoms with Crippen molar-refractivity contribution in [3.05, 3.63) is 59.8 Å². The number of anilines is 1. The van der Waals surface area contributed by atoms with E-state index in [9.17, 15) is 4.79 Å². The van der Waals surface area contributed by atoms with Crippen LogP contribution < -0.4 is 15.0 Å². The smallest absolute Gasteiger partial charge is 0.221 e. The molecule has 2 aromatic heterocycles. The highest BCUT2D eigenvalue weighted by Gasteiger charge is 2.16. The average Bonchev–Trinajstić information content (AvgIpc) is 3.46. The lowest BCUT2D eigenvalue weighted by Crippen LogP contribution is -2.31. The molecule has 0 unspecified atom stereocenters. The van der Waals surface area contributed by atoms with Crippen LogP contribution >= 0.6 is 11.5 Å². The third-order valence-electron chi connectivity index (χ3n) is 4.86. The van der Waals surface area contributed by atoms with Gasteiger partial charge >= 0.3 is 0 Å². The molecule has 0 atom stereocenters. The normalized spacial score (nSPS) is 10.8. The molecule has 1 N–H and O–H groups in total. The van der Waals surface area contributed by atoms with E-state index in [0.29, 0.717) is 25.9 Å². The molecule has 0 aliphatic rings. The number of carbonyl (C=O) groups is 1. The van der Waals surface area contributed by atoms with Gasteiger partial charge in [-0.2, -0.15) is 4.37 Å². The van der Waals surface area contributed by atoms with E-state index in [2.05, 4.69) is 21.5 Å². The van der Waals surface area contributed by atoms with Gasteiger partial charge in [0.2, 0.25) is 11.0 Å². The summed E-state index contributed by atoms with van der Waals surface area (Å²) in [7, 11) is 1.66. The number of nitrogens with zero attached hydrogens (tertiary/aromatic N) is 3. The Balaban J connectivity index is 1.62. The van der Waals surface area contributed by atoms with Crippen molar-refractivity contribution >= 4 is 22.6 Å². The number of furan rings is 1. The summed E-state index contributed by atoms with van der Waals surface area (Å²) in [4.78, 5) is 19.0. The number of hydrogen-bond acceptors (Lipinski definition) is 7. The molecule has 0 aliphatic heterocycles. The zero-order valence-electron chi connectivity index (χ0n) is 18.2. The van der Waals surface area contributed by atoms with Crippen LogP contribution in [0, 0.1) is 0 Å². The molecular weight excluding hydrogens is 412 g/mol. The Morgan fingerprint density at radius 3 is 2.94 bits per heavy atom. The van der Waals surface area contributed by atoms with E-state index in [1.807, 2.05) is 36.4 Å². The third-order valence-corrected chi connectivity index (χ3v) is 5.68. The molecule has 0 bridgehead atoms. The van der Waals surface area contributed by atoms with Crippen LogP contribution in [-0.2, 0) is 17.8 Å². The fourth-order valence-electron chi connectivity index (χ4n) is 3.17. The van der Waals surface area contributed by atoms with E-state index in [0.717, 1.165) is 53.8 Å². The number of benzene rings is 1. The number of aromatic nitrogens is 2. The highest BCUT2D eigenvalue weighted by atomic mass is 32.1. The molecule has 3 aromatic rings. The molecule has 1 aromatic carbocycles. The van der Waals surface area contributed by atoms with Gasteiger partial charge in [0.25, 0.3) is 0 Å². The minimum Gasteiger partial charge on any atom is -0.497 e. The van der Waals surface area contributed by atoms with E-state index in [-0.39, 0.29) is 5.91 Å². The monoisotopic (exact) mass is 442 g/mol. The van der Waals surface area contributed by atoms with Crippen molar-refractivity contribution in [2.45, 2.75) is 45.6 Å². The average molecular weight is 443 g/mol. The van der Waals surface area contributed by atoms with Gasteiger partial charge < -0.3 is 19.4 Å². The topological polar surface area (TPSA) is 80.5 Å². The van der Waals surface area contributed by atoms with Gasteiger partial charge in [-0.15, -0.1) is 0 Å². The number of amides is 1. The van der Waals surface area contributed by atoms with Crippen LogP contribution in [0.2, 0.25) is 0 Å². The van der Waals surface area contributed by atoms with Crippen molar-refractivity contribution < 1.29 is 13.9 Å². The Morgan fingerprint density at radius 2 is 2.16 bits per heavy atom. The van der Waals surface area contributed by atoms with E-state index in [1.54, 1.807) is 13.4 Å². The fraction of sp³-hybridized carbons (Fsp3) is 0.435. The number of ether oxygens (including phenoxy) is 1. The predicted octanol–water partition coefficient (Wildman–Crippen LogP) is 4.43. The minimum atomic E-state index is 0.0571. The first-order chi connectivity index (χ1) is 15.2. The third kappa shape index (κ3) is 7.40. The Morgan fingerprint density at radius 1 is 1.26 bits per heavy atom. The second-order valence-corrected chi connectivity index (χ2v) is 8.06. The van der Waals surface area contributed by atoms with Gasteiger partial charge in [-0.05, 0) is 36.2 Å².